The lowest BCUT2D eigenvalue weighted by molar-refractivity contribution is 0.336. The molecule has 3 rings (SSSR count). The molecule has 0 heterocycles. The molecule has 0 spiro atoms. The molecule has 0 aliphatic heterocycles. The fourth-order valence-corrected chi connectivity index (χ4v) is 2.89. The van der Waals surface area contributed by atoms with Crippen molar-refractivity contribution in [3.05, 3.63) is 77.6 Å². The van der Waals surface area contributed by atoms with Gasteiger partial charge in [0.25, 0.3) is 0 Å². The SMILES string of the molecule is CCOc1ccc2ccccc2c1CNCCc1ccc(F)cc1.Cl. The van der Waals surface area contributed by atoms with Crippen LogP contribution in [-0.4, -0.2) is 13.2 Å². The Balaban J connectivity index is 0.00000225. The molecule has 3 aromatic carbocycles. The molecule has 132 valence electrons. The predicted octanol–water partition coefficient (Wildman–Crippen LogP) is 5.13. The molecule has 0 atom stereocenters. The van der Waals surface area contributed by atoms with Crippen molar-refractivity contribution in [1.29, 1.82) is 0 Å². The minimum absolute atomic E-state index is 0. The van der Waals surface area contributed by atoms with Crippen LogP contribution < -0.4 is 10.1 Å². The summed E-state index contributed by atoms with van der Waals surface area (Å²) in [6.45, 7) is 4.24. The van der Waals surface area contributed by atoms with Crippen LogP contribution in [0.2, 0.25) is 0 Å². The van der Waals surface area contributed by atoms with Gasteiger partial charge < -0.3 is 10.1 Å². The Hall–Kier alpha value is -2.10. The smallest absolute Gasteiger partial charge is 0.124 e. The summed E-state index contributed by atoms with van der Waals surface area (Å²) < 4.78 is 18.7. The van der Waals surface area contributed by atoms with E-state index in [1.807, 2.05) is 25.1 Å². The van der Waals surface area contributed by atoms with E-state index in [9.17, 15) is 4.39 Å². The van der Waals surface area contributed by atoms with Crippen molar-refractivity contribution >= 4 is 23.2 Å². The van der Waals surface area contributed by atoms with E-state index in [0.29, 0.717) is 6.61 Å². The van der Waals surface area contributed by atoms with Crippen molar-refractivity contribution in [2.45, 2.75) is 19.9 Å². The van der Waals surface area contributed by atoms with Crippen LogP contribution in [0.5, 0.6) is 5.75 Å². The third-order valence-corrected chi connectivity index (χ3v) is 4.10. The Morgan fingerprint density at radius 2 is 1.72 bits per heavy atom. The molecule has 0 unspecified atom stereocenters. The van der Waals surface area contributed by atoms with Crippen LogP contribution in [0, 0.1) is 5.82 Å². The molecule has 1 N–H and O–H groups in total. The van der Waals surface area contributed by atoms with Gasteiger partial charge in [-0.25, -0.2) is 4.39 Å². The summed E-state index contributed by atoms with van der Waals surface area (Å²) in [7, 11) is 0. The molecule has 0 aromatic heterocycles. The second-order valence-corrected chi connectivity index (χ2v) is 5.75. The molecule has 0 radical (unpaired) electrons. The first kappa shape index (κ1) is 19.2. The number of fused-ring (bicyclic) bond motifs is 1. The molecule has 3 aromatic rings. The standard InChI is InChI=1S/C21H22FNO.ClH/c1-2-24-21-12-9-17-5-3-4-6-19(17)20(21)15-23-14-13-16-7-10-18(22)11-8-16;/h3-12,23H,2,13-15H2,1H3;1H. The van der Waals surface area contributed by atoms with Crippen LogP contribution >= 0.6 is 12.4 Å². The van der Waals surface area contributed by atoms with Crippen LogP contribution in [0.3, 0.4) is 0 Å². The van der Waals surface area contributed by atoms with Crippen molar-refractivity contribution in [3.8, 4) is 5.75 Å². The predicted molar refractivity (Wildman–Crippen MR) is 104 cm³/mol. The van der Waals surface area contributed by atoms with Crippen LogP contribution in [0.1, 0.15) is 18.1 Å². The number of hydrogen-bond donors (Lipinski definition) is 1. The zero-order chi connectivity index (χ0) is 16.8. The van der Waals surface area contributed by atoms with Crippen molar-refractivity contribution in [3.63, 3.8) is 0 Å². The highest BCUT2D eigenvalue weighted by Gasteiger charge is 2.08. The van der Waals surface area contributed by atoms with Crippen molar-refractivity contribution in [2.24, 2.45) is 0 Å². The summed E-state index contributed by atoms with van der Waals surface area (Å²) in [5.41, 5.74) is 2.32. The lowest BCUT2D eigenvalue weighted by atomic mass is 10.0. The normalized spacial score (nSPS) is 10.5. The van der Waals surface area contributed by atoms with E-state index in [0.717, 1.165) is 30.8 Å². The molecule has 25 heavy (non-hydrogen) atoms. The Morgan fingerprint density at radius 1 is 0.960 bits per heavy atom. The van der Waals surface area contributed by atoms with Gasteiger partial charge in [0.15, 0.2) is 0 Å². The molecular formula is C21H23ClFNO. The van der Waals surface area contributed by atoms with E-state index in [4.69, 9.17) is 4.74 Å². The number of rotatable bonds is 7. The molecule has 4 heteroatoms. The first-order valence-electron chi connectivity index (χ1n) is 8.36. The van der Waals surface area contributed by atoms with E-state index >= 15 is 0 Å². The van der Waals surface area contributed by atoms with E-state index < -0.39 is 0 Å². The van der Waals surface area contributed by atoms with Crippen LogP contribution in [0.25, 0.3) is 10.8 Å². The number of benzene rings is 3. The molecule has 0 aliphatic rings. The van der Waals surface area contributed by atoms with Crippen LogP contribution in [-0.2, 0) is 13.0 Å². The number of halogens is 2. The highest BCUT2D eigenvalue weighted by molar-refractivity contribution is 5.87. The minimum Gasteiger partial charge on any atom is -0.494 e. The van der Waals surface area contributed by atoms with Crippen molar-refractivity contribution in [1.82, 2.24) is 5.32 Å². The average Bonchev–Trinajstić information content (AvgIpc) is 2.61. The van der Waals surface area contributed by atoms with Gasteiger partial charge in [0.05, 0.1) is 6.61 Å². The lowest BCUT2D eigenvalue weighted by Crippen LogP contribution is -2.17. The van der Waals surface area contributed by atoms with Gasteiger partial charge in [-0.2, -0.15) is 0 Å². The lowest BCUT2D eigenvalue weighted by Gasteiger charge is -2.14. The molecule has 2 nitrogen and oxygen atoms in total. The number of nitrogens with one attached hydrogen (secondary N) is 1. The van der Waals surface area contributed by atoms with Crippen LogP contribution in [0.15, 0.2) is 60.7 Å². The second kappa shape index (κ2) is 9.40. The molecule has 0 saturated heterocycles. The van der Waals surface area contributed by atoms with E-state index in [2.05, 4.69) is 35.6 Å². The Morgan fingerprint density at radius 3 is 2.48 bits per heavy atom. The summed E-state index contributed by atoms with van der Waals surface area (Å²) in [5.74, 6) is 0.745. The second-order valence-electron chi connectivity index (χ2n) is 5.75. The molecule has 0 saturated carbocycles. The van der Waals surface area contributed by atoms with Gasteiger partial charge in [-0.15, -0.1) is 12.4 Å². The summed E-state index contributed by atoms with van der Waals surface area (Å²) in [5, 5.41) is 5.92. The third kappa shape index (κ3) is 4.94. The van der Waals surface area contributed by atoms with Crippen molar-refractivity contribution < 1.29 is 9.13 Å². The van der Waals surface area contributed by atoms with Gasteiger partial charge in [0.2, 0.25) is 0 Å². The Bertz CT molecular complexity index is 805. The third-order valence-electron chi connectivity index (χ3n) is 4.10. The van der Waals surface area contributed by atoms with Gasteiger partial charge >= 0.3 is 0 Å². The first-order chi connectivity index (χ1) is 11.8. The largest absolute Gasteiger partial charge is 0.494 e. The van der Waals surface area contributed by atoms with Crippen molar-refractivity contribution in [2.75, 3.05) is 13.2 Å². The highest BCUT2D eigenvalue weighted by atomic mass is 35.5. The fraction of sp³-hybridized carbons (Fsp3) is 0.238. The monoisotopic (exact) mass is 359 g/mol. The summed E-state index contributed by atoms with van der Waals surface area (Å²) in [4.78, 5) is 0. The van der Waals surface area contributed by atoms with Gasteiger partial charge in [0.1, 0.15) is 11.6 Å². The summed E-state index contributed by atoms with van der Waals surface area (Å²) >= 11 is 0. The minimum atomic E-state index is -0.191. The number of hydrogen-bond acceptors (Lipinski definition) is 2. The summed E-state index contributed by atoms with van der Waals surface area (Å²) in [6.07, 6.45) is 0.870. The molecule has 0 bridgehead atoms. The quantitative estimate of drug-likeness (QED) is 0.590. The molecule has 0 aliphatic carbocycles. The molecule has 0 fully saturated rings. The molecular weight excluding hydrogens is 337 g/mol. The highest BCUT2D eigenvalue weighted by Crippen LogP contribution is 2.28. The fourth-order valence-electron chi connectivity index (χ4n) is 2.89. The topological polar surface area (TPSA) is 21.3 Å². The first-order valence-corrected chi connectivity index (χ1v) is 8.36. The van der Waals surface area contributed by atoms with Crippen LogP contribution in [0.4, 0.5) is 4.39 Å². The van der Waals surface area contributed by atoms with Gasteiger partial charge in [-0.05, 0) is 54.4 Å². The van der Waals surface area contributed by atoms with E-state index in [1.165, 1.54) is 28.5 Å². The molecule has 0 amide bonds. The maximum atomic E-state index is 12.9. The Labute approximate surface area is 154 Å². The Kier molecular flexibility index (Phi) is 7.23. The number of ether oxygens (including phenoxy) is 1. The maximum Gasteiger partial charge on any atom is 0.124 e. The van der Waals surface area contributed by atoms with Gasteiger partial charge in [-0.3, -0.25) is 0 Å². The summed E-state index contributed by atoms with van der Waals surface area (Å²) in [6, 6.07) is 19.2. The van der Waals surface area contributed by atoms with E-state index in [-0.39, 0.29) is 18.2 Å². The van der Waals surface area contributed by atoms with Gasteiger partial charge in [-0.1, -0.05) is 42.5 Å². The zero-order valence-electron chi connectivity index (χ0n) is 14.3. The average molecular weight is 360 g/mol. The van der Waals surface area contributed by atoms with Gasteiger partial charge in [0, 0.05) is 12.1 Å². The zero-order valence-corrected chi connectivity index (χ0v) is 15.1. The van der Waals surface area contributed by atoms with E-state index in [1.54, 1.807) is 0 Å². The maximum absolute atomic E-state index is 12.9.